The number of carboxylic acids is 2. The summed E-state index contributed by atoms with van der Waals surface area (Å²) in [5.74, 6) is -6.85. The molecule has 0 aliphatic heterocycles. The molecule has 0 spiro atoms. The van der Waals surface area contributed by atoms with Crippen LogP contribution in [-0.2, 0) is 14.4 Å². The molecule has 0 bridgehead atoms. The van der Waals surface area contributed by atoms with Gasteiger partial charge in [0, 0.05) is 12.8 Å². The molecule has 116 valence electrons. The molecule has 0 fully saturated rings. The Morgan fingerprint density at radius 1 is 1.58 bits per heavy atom. The highest BCUT2D eigenvalue weighted by Gasteiger charge is 2.08. The molecule has 19 heavy (non-hydrogen) atoms. The molecule has 0 heterocycles. The molecule has 0 aliphatic carbocycles. The Hall–Kier alpha value is -1.47. The number of carbonyl (C=O) groups excluding carboxylic acids is 3. The molecule has 7 heteroatoms. The van der Waals surface area contributed by atoms with Crippen molar-refractivity contribution in [3.05, 3.63) is 0 Å². The standard InChI is InChI=1S/C6H12O2.C4H6O4.C2H6.H3N/c1-3-5(2)4-6(7)8;1-2(5)3(6)4(7)8;1-2;/h5H,3-4H2,1-2H3,(H,7,8);3,6H,1H3,(H,7,8);1-2H3;1H3/p-2/t5-;;;/m0.../s1/i3D2,4D,5D;3D,6D;1D;/hD2/t4-,5+;;;/m1.... The minimum atomic E-state index is -2.88. The number of aliphatic carboxylic acids is 2. The van der Waals surface area contributed by atoms with Gasteiger partial charge in [-0.05, 0) is 19.2 Å². The summed E-state index contributed by atoms with van der Waals surface area (Å²) < 4.78 is 58.8. The molecule has 0 aliphatic rings. The largest absolute Gasteiger partial charge is 0.550 e. The van der Waals surface area contributed by atoms with E-state index in [0.29, 0.717) is 6.90 Å². The Morgan fingerprint density at radius 2 is 2.00 bits per heavy atom. The van der Waals surface area contributed by atoms with Crippen molar-refractivity contribution in [1.29, 1.82) is 1.43 Å². The summed E-state index contributed by atoms with van der Waals surface area (Å²) in [6.07, 6.45) is -5.54. The summed E-state index contributed by atoms with van der Waals surface area (Å²) in [6, 6.07) is 0. The molecule has 0 aromatic heterocycles. The topological polar surface area (TPSA) is 153 Å². The van der Waals surface area contributed by atoms with E-state index < -0.39 is 42.5 Å². The second-order valence-corrected chi connectivity index (χ2v) is 2.57. The third kappa shape index (κ3) is 22.2. The Bertz CT molecular complexity index is 457. The number of Topliss-reactive ketones (excluding diaryl/α,β-unsaturated/α-hetero) is 1. The SMILES string of the molecule is [2H]CC.[2H]N[2H].[2H]OC([2H])(C(C)=O)C(=O)[O-].[2H][C@@H](C(=O)[O-])[C@@]([2H])(C)C([2H])([2H])C. The molecule has 0 rings (SSSR count). The van der Waals surface area contributed by atoms with Gasteiger partial charge in [0.15, 0.2) is 11.9 Å². The van der Waals surface area contributed by atoms with Crippen molar-refractivity contribution in [2.24, 2.45) is 5.89 Å². The summed E-state index contributed by atoms with van der Waals surface area (Å²) in [4.78, 5) is 30.4. The fraction of sp³-hybridized carbons (Fsp3) is 0.750. The van der Waals surface area contributed by atoms with Gasteiger partial charge in [-0.25, -0.2) is 0 Å². The van der Waals surface area contributed by atoms with Crippen LogP contribution in [0.4, 0.5) is 0 Å². The van der Waals surface area contributed by atoms with Crippen molar-refractivity contribution in [2.75, 3.05) is 0 Å². The molecule has 4 N–H and O–H groups in total. The fourth-order valence-electron chi connectivity index (χ4n) is 0.393. The quantitative estimate of drug-likeness (QED) is 0.597. The first-order valence-corrected chi connectivity index (χ1v) is 4.76. The lowest BCUT2D eigenvalue weighted by molar-refractivity contribution is -0.313. The smallest absolute Gasteiger partial charge is 0.212 e. The monoisotopic (exact) mass is 288 g/mol. The number of rotatable bonds is 6. The minimum Gasteiger partial charge on any atom is -0.550 e. The highest BCUT2D eigenvalue weighted by Crippen LogP contribution is 2.03. The highest BCUT2D eigenvalue weighted by molar-refractivity contribution is 5.98. The Balaban J connectivity index is -0.000000162. The second kappa shape index (κ2) is 16.5. The molecule has 1 unspecified atom stereocenters. The van der Waals surface area contributed by atoms with Crippen LogP contribution in [-0.4, -0.2) is 30.3 Å². The third-order valence-electron chi connectivity index (χ3n) is 1.23. The second-order valence-electron chi connectivity index (χ2n) is 2.57. The first-order valence-electron chi connectivity index (χ1n) is 9.45. The summed E-state index contributed by atoms with van der Waals surface area (Å²) in [6.45, 7) is 5.27. The van der Waals surface area contributed by atoms with Gasteiger partial charge in [0.2, 0.25) is 1.43 Å². The maximum atomic E-state index is 10.3. The van der Waals surface area contributed by atoms with E-state index in [2.05, 4.69) is 5.11 Å². The van der Waals surface area contributed by atoms with Crippen LogP contribution in [0.15, 0.2) is 0 Å². The summed E-state index contributed by atoms with van der Waals surface area (Å²) in [7, 11) is 0. The zero-order valence-electron chi connectivity index (χ0n) is 20.2. The first-order chi connectivity index (χ1) is 12.4. The molecule has 0 aromatic rings. The molecular weight excluding hydrogens is 254 g/mol. The lowest BCUT2D eigenvalue weighted by atomic mass is 10.1. The fourth-order valence-corrected chi connectivity index (χ4v) is 0.393. The van der Waals surface area contributed by atoms with Crippen molar-refractivity contribution in [3.63, 3.8) is 0 Å². The molecule has 0 saturated carbocycles. The Labute approximate surface area is 127 Å². The van der Waals surface area contributed by atoms with Crippen molar-refractivity contribution in [2.45, 2.75) is 53.4 Å². The van der Waals surface area contributed by atoms with Gasteiger partial charge in [-0.15, -0.1) is 0 Å². The van der Waals surface area contributed by atoms with E-state index in [9.17, 15) is 24.6 Å². The van der Waals surface area contributed by atoms with E-state index in [1.165, 1.54) is 6.14 Å². The van der Waals surface area contributed by atoms with Gasteiger partial charge in [-0.1, -0.05) is 34.0 Å². The minimum absolute atomic E-state index is 0.500. The zero-order valence-corrected chi connectivity index (χ0v) is 11.2. The Kier molecular flexibility index (Phi) is 8.21. The molecule has 3 atom stereocenters. The van der Waals surface area contributed by atoms with Crippen molar-refractivity contribution in [3.8, 4) is 0 Å². The van der Waals surface area contributed by atoms with Gasteiger partial charge in [-0.3, -0.25) is 4.79 Å². The van der Waals surface area contributed by atoms with Gasteiger partial charge < -0.3 is 31.0 Å². The van der Waals surface area contributed by atoms with Gasteiger partial charge in [-0.2, -0.15) is 0 Å². The summed E-state index contributed by atoms with van der Waals surface area (Å²) in [5.41, 5.74) is 0. The van der Waals surface area contributed by atoms with Gasteiger partial charge in [0.05, 0.1) is 7.34 Å². The molecule has 0 aromatic carbocycles. The Morgan fingerprint density at radius 3 is 2.05 bits per heavy atom. The van der Waals surface area contributed by atoms with E-state index in [1.807, 2.05) is 0 Å². The molecule has 0 saturated heterocycles. The zero-order chi connectivity index (χ0) is 23.9. The predicted octanol–water partition coefficient (Wildman–Crippen LogP) is -0.953. The number of carbonyl (C=O) groups is 3. The maximum absolute atomic E-state index is 10.3. The molecular formula is C12H25NO6-2. The van der Waals surface area contributed by atoms with Crippen LogP contribution in [0.25, 0.3) is 0 Å². The van der Waals surface area contributed by atoms with E-state index in [4.69, 9.17) is 12.5 Å². The van der Waals surface area contributed by atoms with Crippen LogP contribution >= 0.6 is 0 Å². The van der Waals surface area contributed by atoms with Gasteiger partial charge >= 0.3 is 0 Å². The molecule has 0 amide bonds. The number of hydrogen-bond donors (Lipinski definition) is 2. The van der Waals surface area contributed by atoms with Crippen LogP contribution in [0.3, 0.4) is 0 Å². The van der Waals surface area contributed by atoms with Crippen LogP contribution in [0.2, 0.25) is 2.82 Å². The van der Waals surface area contributed by atoms with Crippen LogP contribution in [0.5, 0.6) is 0 Å². The van der Waals surface area contributed by atoms with Crippen LogP contribution < -0.4 is 16.3 Å². The maximum Gasteiger partial charge on any atom is 0.212 e. The average molecular weight is 288 g/mol. The van der Waals surface area contributed by atoms with E-state index in [0.717, 1.165) is 20.8 Å². The highest BCUT2D eigenvalue weighted by atomic mass is 16.4. The van der Waals surface area contributed by atoms with Crippen LogP contribution in [0, 0.1) is 5.89 Å². The van der Waals surface area contributed by atoms with Crippen molar-refractivity contribution in [1.82, 2.24) is 6.14 Å². The summed E-state index contributed by atoms with van der Waals surface area (Å²) >= 11 is 0. The lowest BCUT2D eigenvalue weighted by Crippen LogP contribution is -2.39. The number of hydrogen-bond acceptors (Lipinski definition) is 7. The number of carboxylic acid groups (broad SMARTS) is 2. The van der Waals surface area contributed by atoms with Crippen molar-refractivity contribution < 1.29 is 40.8 Å². The predicted molar refractivity (Wildman–Crippen MR) is 67.1 cm³/mol. The van der Waals surface area contributed by atoms with Gasteiger partial charge in [0.25, 0.3) is 0 Å². The average Bonchev–Trinajstić information content (AvgIpc) is 2.53. The summed E-state index contributed by atoms with van der Waals surface area (Å²) in [5, 5.41) is 23.5. The number of aliphatic hydroxyl groups is 1. The molecule has 0 radical (unpaired) electrons. The lowest BCUT2D eigenvalue weighted by Gasteiger charge is -2.06. The normalized spacial score (nSPS) is 23.3. The van der Waals surface area contributed by atoms with E-state index in [1.54, 1.807) is 6.92 Å². The van der Waals surface area contributed by atoms with Gasteiger partial charge in [0.1, 0.15) is 2.82 Å². The van der Waals surface area contributed by atoms with E-state index >= 15 is 0 Å². The van der Waals surface area contributed by atoms with Crippen molar-refractivity contribution >= 4 is 17.7 Å². The molecule has 7 nitrogen and oxygen atoms in total. The van der Waals surface area contributed by atoms with Crippen LogP contribution in [0.1, 0.15) is 55.6 Å². The van der Waals surface area contributed by atoms with E-state index in [-0.39, 0.29) is 0 Å². The number of ketones is 1. The third-order valence-corrected chi connectivity index (χ3v) is 1.23. The first kappa shape index (κ1) is 9.44.